The molecule has 1 amide bonds. The second kappa shape index (κ2) is 9.48. The average molecular weight is 454 g/mol. The van der Waals surface area contributed by atoms with Crippen molar-refractivity contribution in [2.75, 3.05) is 25.5 Å². The third-order valence-electron chi connectivity index (χ3n) is 6.88. The Morgan fingerprint density at radius 3 is 2.94 bits per heavy atom. The topological polar surface area (TPSA) is 81.6 Å². The van der Waals surface area contributed by atoms with Crippen molar-refractivity contribution >= 4 is 22.4 Å². The molecule has 5 heterocycles. The van der Waals surface area contributed by atoms with Crippen LogP contribution in [0.5, 0.6) is 0 Å². The molecule has 0 aliphatic carbocycles. The van der Waals surface area contributed by atoms with Crippen LogP contribution >= 0.6 is 11.3 Å². The Kier molecular flexibility index (Phi) is 6.29. The second-order valence-electron chi connectivity index (χ2n) is 9.25. The summed E-state index contributed by atoms with van der Waals surface area (Å²) in [6.07, 6.45) is 6.02. The summed E-state index contributed by atoms with van der Waals surface area (Å²) in [5.41, 5.74) is 2.37. The smallest absolute Gasteiger partial charge is 0.235 e. The van der Waals surface area contributed by atoms with Crippen LogP contribution in [0.15, 0.2) is 48.1 Å². The van der Waals surface area contributed by atoms with Crippen molar-refractivity contribution in [2.45, 2.75) is 38.5 Å². The van der Waals surface area contributed by atoms with E-state index in [1.807, 2.05) is 10.1 Å². The molecule has 0 spiro atoms. The number of anilines is 1. The lowest BCUT2D eigenvalue weighted by molar-refractivity contribution is -0.945. The average Bonchev–Trinajstić information content (AvgIpc) is 3.47. The molecule has 32 heavy (non-hydrogen) atoms. The molecule has 6 rings (SSSR count). The number of nitrogens with one attached hydrogen (secondary N) is 3. The summed E-state index contributed by atoms with van der Waals surface area (Å²) < 4.78 is 2.01. The Bertz CT molecular complexity index is 1020. The zero-order chi connectivity index (χ0) is 21.9. The fraction of sp³-hybridized carbons (Fsp3) is 0.478. The van der Waals surface area contributed by atoms with E-state index in [0.717, 1.165) is 51.3 Å². The predicted molar refractivity (Wildman–Crippen MR) is 122 cm³/mol. The number of rotatable bonds is 8. The molecule has 3 aliphatic heterocycles. The minimum absolute atomic E-state index is 0.0837. The standard InChI is InChI=1S/C23H29N7OS/c1-28(12-17-5-3-2-4-6-17)13-19-14-30(27-26-19)15-20-11-18-7-9-29(20)16-21(18)22(31)25-23-24-8-10-32-23/h2-6,8,10,14,18,20-21H,7,9,11-13,15-16H2,1H3,(H,24,25,31)/p+2/t18-,20-,21+/m1/s1. The fourth-order valence-electron chi connectivity index (χ4n) is 5.35. The zero-order valence-electron chi connectivity index (χ0n) is 18.4. The van der Waals surface area contributed by atoms with Gasteiger partial charge in [0.05, 0.1) is 38.8 Å². The van der Waals surface area contributed by atoms with Crippen molar-refractivity contribution in [1.29, 1.82) is 0 Å². The summed E-state index contributed by atoms with van der Waals surface area (Å²) in [5.74, 6) is 0.662. The molecular formula is C23H31N7OS+2. The molecule has 3 aliphatic rings. The van der Waals surface area contributed by atoms with Crippen molar-refractivity contribution in [3.05, 3.63) is 59.4 Å². The van der Waals surface area contributed by atoms with Gasteiger partial charge in [-0.1, -0.05) is 35.5 Å². The minimum Gasteiger partial charge on any atom is -0.330 e. The highest BCUT2D eigenvalue weighted by molar-refractivity contribution is 7.13. The molecule has 168 valence electrons. The van der Waals surface area contributed by atoms with Gasteiger partial charge in [0.1, 0.15) is 24.8 Å². The van der Waals surface area contributed by atoms with Gasteiger partial charge in [-0.15, -0.1) is 16.4 Å². The Balaban J connectivity index is 1.14. The number of benzene rings is 1. The van der Waals surface area contributed by atoms with E-state index in [2.05, 4.69) is 64.2 Å². The number of fused-ring (bicyclic) bond motifs is 3. The molecule has 5 atom stereocenters. The molecule has 1 aromatic carbocycles. The molecule has 3 N–H and O–H groups in total. The SMILES string of the molecule is C[NH+](Cc1ccccc1)Cc1cn(C[C@H]2C[C@H]3CC[NH+]2C[C@@H]3C(=O)Nc2nccs2)nn1. The summed E-state index contributed by atoms with van der Waals surface area (Å²) in [7, 11) is 2.19. The summed E-state index contributed by atoms with van der Waals surface area (Å²) in [5, 5.41) is 14.4. The Labute approximate surface area is 192 Å². The van der Waals surface area contributed by atoms with Gasteiger partial charge in [0, 0.05) is 30.0 Å². The lowest BCUT2D eigenvalue weighted by Crippen LogP contribution is -3.20. The van der Waals surface area contributed by atoms with E-state index in [1.54, 1.807) is 6.20 Å². The first kappa shape index (κ1) is 21.2. The summed E-state index contributed by atoms with van der Waals surface area (Å²) in [6, 6.07) is 11.1. The van der Waals surface area contributed by atoms with Gasteiger partial charge < -0.3 is 15.1 Å². The first-order valence-electron chi connectivity index (χ1n) is 11.4. The molecular weight excluding hydrogens is 422 g/mol. The quantitative estimate of drug-likeness (QED) is 0.444. The number of thiazole rings is 1. The summed E-state index contributed by atoms with van der Waals surface area (Å²) in [4.78, 5) is 19.9. The Hall–Kier alpha value is -2.62. The van der Waals surface area contributed by atoms with Crippen molar-refractivity contribution in [2.24, 2.45) is 11.8 Å². The number of hydrogen-bond donors (Lipinski definition) is 3. The van der Waals surface area contributed by atoms with Crippen molar-refractivity contribution in [3.63, 3.8) is 0 Å². The maximum atomic E-state index is 12.8. The molecule has 2 aromatic heterocycles. The number of aromatic nitrogens is 4. The maximum absolute atomic E-state index is 12.8. The molecule has 2 unspecified atom stereocenters. The number of carbonyl (C=O) groups is 1. The maximum Gasteiger partial charge on any atom is 0.235 e. The van der Waals surface area contributed by atoms with Crippen LogP contribution in [0.4, 0.5) is 5.13 Å². The van der Waals surface area contributed by atoms with Crippen LogP contribution in [-0.2, 0) is 24.4 Å². The number of nitrogens with zero attached hydrogens (tertiary/aromatic N) is 4. The van der Waals surface area contributed by atoms with Gasteiger partial charge in [0.15, 0.2) is 5.13 Å². The van der Waals surface area contributed by atoms with E-state index in [1.165, 1.54) is 26.7 Å². The van der Waals surface area contributed by atoms with Crippen LogP contribution in [0.3, 0.4) is 0 Å². The van der Waals surface area contributed by atoms with Gasteiger partial charge in [-0.05, 0) is 5.92 Å². The summed E-state index contributed by atoms with van der Waals surface area (Å²) in [6.45, 7) is 4.75. The van der Waals surface area contributed by atoms with E-state index < -0.39 is 0 Å². The molecule has 9 heteroatoms. The zero-order valence-corrected chi connectivity index (χ0v) is 19.2. The Morgan fingerprint density at radius 2 is 2.19 bits per heavy atom. The molecule has 3 fully saturated rings. The highest BCUT2D eigenvalue weighted by atomic mass is 32.1. The molecule has 0 saturated carbocycles. The summed E-state index contributed by atoms with van der Waals surface area (Å²) >= 11 is 1.47. The van der Waals surface area contributed by atoms with Crippen LogP contribution in [0, 0.1) is 11.8 Å². The lowest BCUT2D eigenvalue weighted by atomic mass is 9.75. The van der Waals surface area contributed by atoms with Crippen LogP contribution in [0.2, 0.25) is 0 Å². The first-order chi connectivity index (χ1) is 15.6. The second-order valence-corrected chi connectivity index (χ2v) is 10.1. The van der Waals surface area contributed by atoms with Crippen LogP contribution in [-0.4, -0.2) is 52.1 Å². The molecule has 8 nitrogen and oxygen atoms in total. The van der Waals surface area contributed by atoms with Crippen molar-refractivity contribution in [3.8, 4) is 0 Å². The number of hydrogen-bond acceptors (Lipinski definition) is 5. The Morgan fingerprint density at radius 1 is 1.31 bits per heavy atom. The van der Waals surface area contributed by atoms with Gasteiger partial charge in [-0.25, -0.2) is 9.67 Å². The highest BCUT2D eigenvalue weighted by Gasteiger charge is 2.46. The highest BCUT2D eigenvalue weighted by Crippen LogP contribution is 2.28. The number of piperidine rings is 3. The largest absolute Gasteiger partial charge is 0.330 e. The lowest BCUT2D eigenvalue weighted by Gasteiger charge is -2.46. The third-order valence-corrected chi connectivity index (χ3v) is 7.56. The van der Waals surface area contributed by atoms with Gasteiger partial charge in [-0.2, -0.15) is 0 Å². The molecule has 2 bridgehead atoms. The number of carbonyl (C=O) groups excluding carboxylic acids is 1. The molecule has 3 aromatic rings. The fourth-order valence-corrected chi connectivity index (χ4v) is 5.88. The van der Waals surface area contributed by atoms with E-state index in [4.69, 9.17) is 0 Å². The molecule has 3 saturated heterocycles. The van der Waals surface area contributed by atoms with E-state index in [9.17, 15) is 4.79 Å². The third kappa shape index (κ3) is 4.90. The van der Waals surface area contributed by atoms with Gasteiger partial charge in [-0.3, -0.25) is 4.79 Å². The van der Waals surface area contributed by atoms with E-state index in [-0.39, 0.29) is 11.8 Å². The van der Waals surface area contributed by atoms with Gasteiger partial charge in [0.2, 0.25) is 5.91 Å². The first-order valence-corrected chi connectivity index (χ1v) is 12.3. The number of quaternary nitrogens is 2. The number of amides is 1. The van der Waals surface area contributed by atoms with E-state index >= 15 is 0 Å². The molecule has 0 radical (unpaired) electrons. The van der Waals surface area contributed by atoms with Crippen molar-refractivity contribution in [1.82, 2.24) is 20.0 Å². The van der Waals surface area contributed by atoms with E-state index in [0.29, 0.717) is 17.1 Å². The van der Waals surface area contributed by atoms with Crippen LogP contribution in [0.1, 0.15) is 24.1 Å². The van der Waals surface area contributed by atoms with Crippen LogP contribution < -0.4 is 15.1 Å². The predicted octanol–water partition coefficient (Wildman–Crippen LogP) is -0.118. The normalized spacial score (nSPS) is 25.5. The van der Waals surface area contributed by atoms with Gasteiger partial charge >= 0.3 is 0 Å². The van der Waals surface area contributed by atoms with Crippen LogP contribution in [0.25, 0.3) is 0 Å². The minimum atomic E-state index is 0.0837. The monoisotopic (exact) mass is 453 g/mol. The van der Waals surface area contributed by atoms with Gasteiger partial charge in [0.25, 0.3) is 0 Å². The van der Waals surface area contributed by atoms with Crippen molar-refractivity contribution < 1.29 is 14.6 Å².